The molecule has 3 aromatic heterocycles. The van der Waals surface area contributed by atoms with Gasteiger partial charge in [-0.2, -0.15) is 5.10 Å². The summed E-state index contributed by atoms with van der Waals surface area (Å²) in [6.07, 6.45) is 5.33. The van der Waals surface area contributed by atoms with E-state index in [1.165, 1.54) is 0 Å². The summed E-state index contributed by atoms with van der Waals surface area (Å²) in [6, 6.07) is 6.32. The Morgan fingerprint density at radius 2 is 2.12 bits per heavy atom. The van der Waals surface area contributed by atoms with Crippen molar-refractivity contribution < 1.29 is 4.74 Å². The van der Waals surface area contributed by atoms with Crippen LogP contribution in [-0.4, -0.2) is 43.3 Å². The number of hydrogen-bond donors (Lipinski definition) is 2. The van der Waals surface area contributed by atoms with Crippen LogP contribution in [0.25, 0.3) is 11.4 Å². The summed E-state index contributed by atoms with van der Waals surface area (Å²) in [5.41, 5.74) is 3.56. The number of rotatable bonds is 5. The lowest BCUT2D eigenvalue weighted by Gasteiger charge is -2.23. The van der Waals surface area contributed by atoms with Gasteiger partial charge in [-0.05, 0) is 51.9 Å². The van der Waals surface area contributed by atoms with Crippen molar-refractivity contribution in [3.8, 4) is 17.1 Å². The number of aromatic nitrogens is 6. The Morgan fingerprint density at radius 3 is 2.88 bits per heavy atom. The molecule has 0 bridgehead atoms. The van der Waals surface area contributed by atoms with Crippen molar-refractivity contribution in [1.82, 2.24) is 35.5 Å². The van der Waals surface area contributed by atoms with Gasteiger partial charge in [0.1, 0.15) is 11.8 Å². The number of piperidine rings is 1. The molecule has 3 aromatic rings. The maximum Gasteiger partial charge on any atom is 0.157 e. The first-order valence-electron chi connectivity index (χ1n) is 8.97. The van der Waals surface area contributed by atoms with Gasteiger partial charge in [-0.3, -0.25) is 5.10 Å². The van der Waals surface area contributed by atoms with Crippen molar-refractivity contribution >= 4 is 0 Å². The van der Waals surface area contributed by atoms with Crippen molar-refractivity contribution in [3.05, 3.63) is 42.0 Å². The maximum absolute atomic E-state index is 5.86. The minimum atomic E-state index is -0.188. The van der Waals surface area contributed by atoms with Crippen LogP contribution in [0.1, 0.15) is 43.3 Å². The molecule has 4 heterocycles. The quantitative estimate of drug-likeness (QED) is 0.732. The number of pyridine rings is 1. The highest BCUT2D eigenvalue weighted by molar-refractivity contribution is 5.56. The van der Waals surface area contributed by atoms with Crippen LogP contribution in [0.15, 0.2) is 30.6 Å². The van der Waals surface area contributed by atoms with Crippen LogP contribution in [0.4, 0.5) is 0 Å². The van der Waals surface area contributed by atoms with E-state index in [4.69, 9.17) is 9.72 Å². The zero-order chi connectivity index (χ0) is 17.9. The maximum atomic E-state index is 5.86. The smallest absolute Gasteiger partial charge is 0.157 e. The lowest BCUT2D eigenvalue weighted by atomic mass is 10.1. The molecule has 136 valence electrons. The number of ether oxygens (including phenoxy) is 1. The second-order valence-electron chi connectivity index (χ2n) is 6.59. The summed E-state index contributed by atoms with van der Waals surface area (Å²) in [5, 5.41) is 18.8. The Hall–Kier alpha value is -2.74. The Balaban J connectivity index is 1.57. The van der Waals surface area contributed by atoms with Crippen molar-refractivity contribution in [2.45, 2.75) is 38.8 Å². The molecular formula is C18H23N7O. The third kappa shape index (κ3) is 3.32. The third-order valence-corrected chi connectivity index (χ3v) is 4.80. The van der Waals surface area contributed by atoms with Crippen molar-refractivity contribution in [2.24, 2.45) is 0 Å². The van der Waals surface area contributed by atoms with Gasteiger partial charge in [-0.15, -0.1) is 5.10 Å². The lowest BCUT2D eigenvalue weighted by molar-refractivity contribution is 0.222. The van der Waals surface area contributed by atoms with Crippen LogP contribution in [0.3, 0.4) is 0 Å². The molecule has 4 rings (SSSR count). The summed E-state index contributed by atoms with van der Waals surface area (Å²) >= 11 is 0. The average molecular weight is 353 g/mol. The first-order valence-corrected chi connectivity index (χ1v) is 8.97. The van der Waals surface area contributed by atoms with Crippen LogP contribution in [-0.2, 0) is 0 Å². The molecule has 1 unspecified atom stereocenters. The molecule has 1 atom stereocenters. The van der Waals surface area contributed by atoms with Crippen LogP contribution >= 0.6 is 0 Å². The van der Waals surface area contributed by atoms with Gasteiger partial charge in [0.25, 0.3) is 0 Å². The van der Waals surface area contributed by atoms with Crippen molar-refractivity contribution in [3.63, 3.8) is 0 Å². The monoisotopic (exact) mass is 353 g/mol. The second kappa shape index (κ2) is 7.25. The molecule has 0 aliphatic carbocycles. The summed E-state index contributed by atoms with van der Waals surface area (Å²) in [7, 11) is 0. The standard InChI is InChI=1S/C18H23N7O/c1-12-18(23-24-25(12)14-6-8-19-9-7-14)17-5-3-4-16(22-17)13(2)26-15-10-20-21-11-15/h3-5,10-11,13-14,19H,6-9H2,1-2H3,(H,20,21). The fraction of sp³-hybridized carbons (Fsp3) is 0.444. The van der Waals surface area contributed by atoms with E-state index in [2.05, 4.69) is 37.4 Å². The number of H-pyrrole nitrogens is 1. The fourth-order valence-electron chi connectivity index (χ4n) is 3.35. The molecule has 0 amide bonds. The molecule has 2 N–H and O–H groups in total. The Kier molecular flexibility index (Phi) is 4.66. The first-order chi connectivity index (χ1) is 12.7. The Labute approximate surface area is 152 Å². The van der Waals surface area contributed by atoms with Gasteiger partial charge in [0, 0.05) is 0 Å². The number of hydrogen-bond acceptors (Lipinski definition) is 6. The molecule has 0 spiro atoms. The van der Waals surface area contributed by atoms with Gasteiger partial charge in [0.2, 0.25) is 0 Å². The van der Waals surface area contributed by atoms with Crippen LogP contribution in [0.2, 0.25) is 0 Å². The largest absolute Gasteiger partial charge is 0.481 e. The molecular weight excluding hydrogens is 330 g/mol. The van der Waals surface area contributed by atoms with Gasteiger partial charge < -0.3 is 10.1 Å². The van der Waals surface area contributed by atoms with E-state index in [1.807, 2.05) is 25.1 Å². The predicted molar refractivity (Wildman–Crippen MR) is 96.8 cm³/mol. The highest BCUT2D eigenvalue weighted by Gasteiger charge is 2.21. The zero-order valence-corrected chi connectivity index (χ0v) is 15.0. The van der Waals surface area contributed by atoms with E-state index in [9.17, 15) is 0 Å². The molecule has 0 aromatic carbocycles. The van der Waals surface area contributed by atoms with Crippen LogP contribution < -0.4 is 10.1 Å². The van der Waals surface area contributed by atoms with Gasteiger partial charge in [0.05, 0.1) is 35.5 Å². The topological polar surface area (TPSA) is 93.5 Å². The van der Waals surface area contributed by atoms with Gasteiger partial charge in [-0.25, -0.2) is 9.67 Å². The molecule has 8 heteroatoms. The van der Waals surface area contributed by atoms with Gasteiger partial charge in [-0.1, -0.05) is 11.3 Å². The molecule has 0 saturated carbocycles. The van der Waals surface area contributed by atoms with E-state index in [-0.39, 0.29) is 6.10 Å². The number of nitrogens with one attached hydrogen (secondary N) is 2. The minimum absolute atomic E-state index is 0.188. The van der Waals surface area contributed by atoms with E-state index >= 15 is 0 Å². The molecule has 1 saturated heterocycles. The normalized spacial score (nSPS) is 16.5. The molecule has 1 fully saturated rings. The third-order valence-electron chi connectivity index (χ3n) is 4.80. The molecule has 1 aliphatic heterocycles. The molecule has 26 heavy (non-hydrogen) atoms. The number of aromatic amines is 1. The van der Waals surface area contributed by atoms with Crippen LogP contribution in [0.5, 0.6) is 5.75 Å². The summed E-state index contributed by atoms with van der Waals surface area (Å²) < 4.78 is 7.91. The van der Waals surface area contributed by atoms with Crippen molar-refractivity contribution in [2.75, 3.05) is 13.1 Å². The lowest BCUT2D eigenvalue weighted by Crippen LogP contribution is -2.30. The fourth-order valence-corrected chi connectivity index (χ4v) is 3.35. The minimum Gasteiger partial charge on any atom is -0.481 e. The summed E-state index contributed by atoms with van der Waals surface area (Å²) in [6.45, 7) is 6.08. The Morgan fingerprint density at radius 1 is 1.27 bits per heavy atom. The van der Waals surface area contributed by atoms with Gasteiger partial charge in [0.15, 0.2) is 5.75 Å². The Bertz CT molecular complexity index is 852. The first kappa shape index (κ1) is 16.7. The zero-order valence-electron chi connectivity index (χ0n) is 15.0. The molecule has 1 aliphatic rings. The van der Waals surface area contributed by atoms with E-state index in [1.54, 1.807) is 12.4 Å². The summed E-state index contributed by atoms with van der Waals surface area (Å²) in [5.74, 6) is 0.692. The second-order valence-corrected chi connectivity index (χ2v) is 6.59. The molecule has 8 nitrogen and oxygen atoms in total. The molecule has 0 radical (unpaired) electrons. The SMILES string of the molecule is Cc1c(-c2cccc(C(C)Oc3cn[nH]c3)n2)nnn1C1CCNCC1. The van der Waals surface area contributed by atoms with E-state index in [0.717, 1.165) is 48.7 Å². The van der Waals surface area contributed by atoms with E-state index < -0.39 is 0 Å². The highest BCUT2D eigenvalue weighted by atomic mass is 16.5. The highest BCUT2D eigenvalue weighted by Crippen LogP contribution is 2.26. The summed E-state index contributed by atoms with van der Waals surface area (Å²) in [4.78, 5) is 4.76. The van der Waals surface area contributed by atoms with Gasteiger partial charge >= 0.3 is 0 Å². The number of nitrogens with zero attached hydrogens (tertiary/aromatic N) is 5. The van der Waals surface area contributed by atoms with Crippen molar-refractivity contribution in [1.29, 1.82) is 0 Å². The van der Waals surface area contributed by atoms with Crippen LogP contribution in [0, 0.1) is 6.92 Å². The predicted octanol–water partition coefficient (Wildman–Crippen LogP) is 2.44. The average Bonchev–Trinajstić information content (AvgIpc) is 3.32. The van der Waals surface area contributed by atoms with E-state index in [0.29, 0.717) is 11.8 Å².